The summed E-state index contributed by atoms with van der Waals surface area (Å²) in [5.41, 5.74) is 1.54. The Morgan fingerprint density at radius 1 is 0.974 bits per heavy atom. The van der Waals surface area contributed by atoms with E-state index in [2.05, 4.69) is 15.3 Å². The van der Waals surface area contributed by atoms with E-state index in [0.29, 0.717) is 22.8 Å². The molecule has 0 saturated heterocycles. The van der Waals surface area contributed by atoms with Crippen molar-refractivity contribution < 1.29 is 23.8 Å². The highest BCUT2D eigenvalue weighted by Crippen LogP contribution is 2.34. The van der Waals surface area contributed by atoms with E-state index in [4.69, 9.17) is 14.2 Å². The van der Waals surface area contributed by atoms with Gasteiger partial charge in [0.25, 0.3) is 5.91 Å². The van der Waals surface area contributed by atoms with E-state index in [1.165, 1.54) is 37.0 Å². The van der Waals surface area contributed by atoms with E-state index < -0.39 is 11.9 Å². The minimum atomic E-state index is -0.961. The number of rotatable bonds is 10. The third-order valence-corrected chi connectivity index (χ3v) is 6.77. The van der Waals surface area contributed by atoms with Crippen LogP contribution in [0.1, 0.15) is 59.8 Å². The monoisotopic (exact) mass is 518 g/mol. The molecule has 0 bridgehead atoms. The summed E-state index contributed by atoms with van der Waals surface area (Å²) in [5.74, 6) is 0.975. The second kappa shape index (κ2) is 12.9. The average Bonchev–Trinajstić information content (AvgIpc) is 2.97. The van der Waals surface area contributed by atoms with Crippen molar-refractivity contribution in [1.82, 2.24) is 20.2 Å². The molecule has 2 aromatic carbocycles. The summed E-state index contributed by atoms with van der Waals surface area (Å²) in [6, 6.07) is 11.8. The molecule has 0 radical (unpaired) electrons. The highest BCUT2D eigenvalue weighted by atomic mass is 16.5. The molecule has 0 unspecified atom stereocenters. The summed E-state index contributed by atoms with van der Waals surface area (Å²) in [5, 5.41) is 3.21. The SMILES string of the molecule is COc1cccc(CN(C(=O)c2cnccn2)[C@H](C(=O)NC2CCCCC2)c2ccc(OC)c(OC)c2)c1. The van der Waals surface area contributed by atoms with Crippen molar-refractivity contribution in [1.29, 1.82) is 0 Å². The number of ether oxygens (including phenoxy) is 3. The Labute approximate surface area is 223 Å². The van der Waals surface area contributed by atoms with Gasteiger partial charge in [0.1, 0.15) is 17.5 Å². The predicted molar refractivity (Wildman–Crippen MR) is 142 cm³/mol. The fraction of sp³-hybridized carbons (Fsp3) is 0.379. The van der Waals surface area contributed by atoms with Gasteiger partial charge in [-0.05, 0) is 48.2 Å². The zero-order valence-corrected chi connectivity index (χ0v) is 22.1. The summed E-state index contributed by atoms with van der Waals surface area (Å²) in [6.07, 6.45) is 9.51. The molecule has 0 aliphatic heterocycles. The molecular formula is C29H34N4O5. The molecule has 9 nitrogen and oxygen atoms in total. The lowest BCUT2D eigenvalue weighted by Gasteiger charge is -2.33. The number of hydrogen-bond donors (Lipinski definition) is 1. The lowest BCUT2D eigenvalue weighted by molar-refractivity contribution is -0.127. The minimum absolute atomic E-state index is 0.0594. The van der Waals surface area contributed by atoms with Crippen LogP contribution in [-0.2, 0) is 11.3 Å². The standard InChI is InChI=1S/C29H34N4O5/c1-36-23-11-7-8-20(16-23)19-33(29(35)24-18-30-14-15-31-24)27(28(34)32-22-9-5-4-6-10-22)21-12-13-25(37-2)26(17-21)38-3/h7-8,11-18,22,27H,4-6,9-10,19H2,1-3H3,(H,32,34)/t27-/m0/s1. The van der Waals surface area contributed by atoms with E-state index in [1.807, 2.05) is 24.3 Å². The topological polar surface area (TPSA) is 103 Å². The molecule has 3 aromatic rings. The molecule has 1 aromatic heterocycles. The Morgan fingerprint density at radius 2 is 1.76 bits per heavy atom. The smallest absolute Gasteiger partial charge is 0.275 e. The molecule has 1 heterocycles. The molecule has 1 fully saturated rings. The van der Waals surface area contributed by atoms with Crippen LogP contribution in [0.25, 0.3) is 0 Å². The Bertz CT molecular complexity index is 1230. The third kappa shape index (κ3) is 6.40. The van der Waals surface area contributed by atoms with Gasteiger partial charge in [-0.15, -0.1) is 0 Å². The second-order valence-corrected chi connectivity index (χ2v) is 9.24. The Hall–Kier alpha value is -4.14. The van der Waals surface area contributed by atoms with Gasteiger partial charge in [0.15, 0.2) is 11.5 Å². The molecule has 1 aliphatic rings. The van der Waals surface area contributed by atoms with Gasteiger partial charge in [-0.1, -0.05) is 37.5 Å². The van der Waals surface area contributed by atoms with Crippen LogP contribution < -0.4 is 19.5 Å². The first-order chi connectivity index (χ1) is 18.5. The van der Waals surface area contributed by atoms with E-state index in [0.717, 1.165) is 31.2 Å². The molecule has 1 atom stereocenters. The second-order valence-electron chi connectivity index (χ2n) is 9.24. The van der Waals surface area contributed by atoms with Crippen molar-refractivity contribution in [2.75, 3.05) is 21.3 Å². The zero-order valence-electron chi connectivity index (χ0n) is 22.1. The number of nitrogens with zero attached hydrogens (tertiary/aromatic N) is 3. The lowest BCUT2D eigenvalue weighted by atomic mass is 9.94. The van der Waals surface area contributed by atoms with Gasteiger partial charge in [0.05, 0.1) is 27.5 Å². The highest BCUT2D eigenvalue weighted by molar-refractivity contribution is 5.96. The first kappa shape index (κ1) is 26.9. The van der Waals surface area contributed by atoms with Gasteiger partial charge in [-0.2, -0.15) is 0 Å². The minimum Gasteiger partial charge on any atom is -0.497 e. The summed E-state index contributed by atoms with van der Waals surface area (Å²) in [4.78, 5) is 37.8. The molecule has 4 rings (SSSR count). The molecule has 2 amide bonds. The molecule has 1 saturated carbocycles. The molecule has 9 heteroatoms. The maximum Gasteiger partial charge on any atom is 0.275 e. The van der Waals surface area contributed by atoms with Crippen LogP contribution in [0.5, 0.6) is 17.2 Å². The van der Waals surface area contributed by atoms with Crippen LogP contribution in [0.2, 0.25) is 0 Å². The average molecular weight is 519 g/mol. The first-order valence-electron chi connectivity index (χ1n) is 12.8. The van der Waals surface area contributed by atoms with Gasteiger partial charge >= 0.3 is 0 Å². The maximum absolute atomic E-state index is 14.0. The van der Waals surface area contributed by atoms with Gasteiger partial charge in [-0.3, -0.25) is 14.6 Å². The number of amides is 2. The van der Waals surface area contributed by atoms with Crippen molar-refractivity contribution in [2.45, 2.75) is 50.7 Å². The summed E-state index contributed by atoms with van der Waals surface area (Å²) < 4.78 is 16.3. The van der Waals surface area contributed by atoms with Crippen LogP contribution >= 0.6 is 0 Å². The number of carbonyl (C=O) groups is 2. The predicted octanol–water partition coefficient (Wildman–Crippen LogP) is 4.34. The van der Waals surface area contributed by atoms with Crippen molar-refractivity contribution in [3.8, 4) is 17.2 Å². The summed E-state index contributed by atoms with van der Waals surface area (Å²) in [6.45, 7) is 0.143. The zero-order chi connectivity index (χ0) is 26.9. The molecular weight excluding hydrogens is 484 g/mol. The van der Waals surface area contributed by atoms with Gasteiger partial charge in [0.2, 0.25) is 5.91 Å². The van der Waals surface area contributed by atoms with Crippen molar-refractivity contribution >= 4 is 11.8 Å². The Morgan fingerprint density at radius 3 is 2.45 bits per heavy atom. The Balaban J connectivity index is 1.80. The molecule has 0 spiro atoms. The van der Waals surface area contributed by atoms with Gasteiger partial charge < -0.3 is 24.4 Å². The molecule has 1 N–H and O–H groups in total. The van der Waals surface area contributed by atoms with Crippen molar-refractivity contribution in [3.05, 3.63) is 77.9 Å². The van der Waals surface area contributed by atoms with E-state index in [1.54, 1.807) is 32.4 Å². The van der Waals surface area contributed by atoms with Gasteiger partial charge in [-0.25, -0.2) is 4.98 Å². The van der Waals surface area contributed by atoms with Crippen LogP contribution in [0.4, 0.5) is 0 Å². The third-order valence-electron chi connectivity index (χ3n) is 6.77. The molecule has 200 valence electrons. The number of carbonyl (C=O) groups excluding carboxylic acids is 2. The van der Waals surface area contributed by atoms with Crippen LogP contribution in [0.15, 0.2) is 61.1 Å². The highest BCUT2D eigenvalue weighted by Gasteiger charge is 2.35. The lowest BCUT2D eigenvalue weighted by Crippen LogP contribution is -2.47. The number of nitrogens with one attached hydrogen (secondary N) is 1. The number of benzene rings is 2. The van der Waals surface area contributed by atoms with Gasteiger partial charge in [0, 0.05) is 25.0 Å². The summed E-state index contributed by atoms with van der Waals surface area (Å²) >= 11 is 0. The van der Waals surface area contributed by atoms with Crippen molar-refractivity contribution in [2.24, 2.45) is 0 Å². The van der Waals surface area contributed by atoms with Crippen LogP contribution in [0, 0.1) is 0 Å². The van der Waals surface area contributed by atoms with E-state index in [9.17, 15) is 9.59 Å². The normalized spacial score (nSPS) is 14.3. The van der Waals surface area contributed by atoms with Crippen LogP contribution in [0.3, 0.4) is 0 Å². The largest absolute Gasteiger partial charge is 0.497 e. The number of hydrogen-bond acceptors (Lipinski definition) is 7. The fourth-order valence-corrected chi connectivity index (χ4v) is 4.83. The first-order valence-corrected chi connectivity index (χ1v) is 12.8. The molecule has 1 aliphatic carbocycles. The van der Waals surface area contributed by atoms with E-state index >= 15 is 0 Å². The maximum atomic E-state index is 14.0. The Kier molecular flexibility index (Phi) is 9.13. The van der Waals surface area contributed by atoms with Crippen molar-refractivity contribution in [3.63, 3.8) is 0 Å². The summed E-state index contributed by atoms with van der Waals surface area (Å²) in [7, 11) is 4.68. The van der Waals surface area contributed by atoms with E-state index in [-0.39, 0.29) is 24.2 Å². The number of methoxy groups -OCH3 is 3. The molecule has 38 heavy (non-hydrogen) atoms. The quantitative estimate of drug-likeness (QED) is 0.426. The fourth-order valence-electron chi connectivity index (χ4n) is 4.83. The van der Waals surface area contributed by atoms with Crippen LogP contribution in [-0.4, -0.2) is 54.1 Å². The number of aromatic nitrogens is 2.